The van der Waals surface area contributed by atoms with E-state index in [1.165, 1.54) is 24.0 Å². The second-order valence-electron chi connectivity index (χ2n) is 9.91. The highest BCUT2D eigenvalue weighted by atomic mass is 16.5. The lowest BCUT2D eigenvalue weighted by Crippen LogP contribution is -2.51. The van der Waals surface area contributed by atoms with Crippen molar-refractivity contribution in [2.45, 2.75) is 56.3 Å². The van der Waals surface area contributed by atoms with Crippen LogP contribution in [0.5, 0.6) is 5.75 Å². The van der Waals surface area contributed by atoms with E-state index in [9.17, 15) is 10.2 Å². The molecule has 0 radical (unpaired) electrons. The molecule has 0 amide bonds. The van der Waals surface area contributed by atoms with Gasteiger partial charge in [-0.2, -0.15) is 0 Å². The Hall–Kier alpha value is -2.40. The zero-order chi connectivity index (χ0) is 21.7. The predicted molar refractivity (Wildman–Crippen MR) is 126 cm³/mol. The van der Waals surface area contributed by atoms with Gasteiger partial charge in [0.2, 0.25) is 0 Å². The minimum absolute atomic E-state index is 0.328. The fraction of sp³-hybridized carbons (Fsp3) is 0.429. The van der Waals surface area contributed by atoms with Crippen LogP contribution in [0, 0.1) is 0 Å². The van der Waals surface area contributed by atoms with Gasteiger partial charge in [0.25, 0.3) is 0 Å². The molecule has 0 bridgehead atoms. The number of hydrogen-bond acceptors (Lipinski definition) is 4. The Bertz CT molecular complexity index is 1150. The molecule has 2 heterocycles. The van der Waals surface area contributed by atoms with Crippen molar-refractivity contribution in [2.75, 3.05) is 19.6 Å². The van der Waals surface area contributed by atoms with Crippen molar-refractivity contribution in [3.05, 3.63) is 76.9 Å². The quantitative estimate of drug-likeness (QED) is 0.633. The molecule has 3 aromatic rings. The summed E-state index contributed by atoms with van der Waals surface area (Å²) in [6.07, 6.45) is 4.95. The first-order valence-corrected chi connectivity index (χ1v) is 12.0. The molecule has 0 unspecified atom stereocenters. The molecule has 2 N–H and O–H groups in total. The maximum absolute atomic E-state index is 10.9. The van der Waals surface area contributed by atoms with Crippen LogP contribution in [0.25, 0.3) is 10.8 Å². The van der Waals surface area contributed by atoms with E-state index in [4.69, 9.17) is 4.74 Å². The molecular formula is C28H31NO3. The summed E-state index contributed by atoms with van der Waals surface area (Å²) in [6, 6.07) is 18.8. The van der Waals surface area contributed by atoms with E-state index in [1.54, 1.807) is 0 Å². The summed E-state index contributed by atoms with van der Waals surface area (Å²) in [5.74, 6) is 0.855. The Morgan fingerprint density at radius 3 is 2.69 bits per heavy atom. The zero-order valence-corrected chi connectivity index (χ0v) is 18.5. The minimum atomic E-state index is -0.494. The molecule has 1 aliphatic carbocycles. The summed E-state index contributed by atoms with van der Waals surface area (Å²) in [5.41, 5.74) is 4.47. The van der Waals surface area contributed by atoms with Crippen molar-refractivity contribution < 1.29 is 14.9 Å². The van der Waals surface area contributed by atoms with Gasteiger partial charge < -0.3 is 19.8 Å². The van der Waals surface area contributed by atoms with Crippen molar-refractivity contribution in [1.29, 1.82) is 0 Å². The molecule has 6 rings (SSSR count). The molecule has 2 atom stereocenters. The number of aryl methyl sites for hydroxylation is 2. The molecule has 0 saturated carbocycles. The van der Waals surface area contributed by atoms with Crippen LogP contribution >= 0.6 is 0 Å². The summed E-state index contributed by atoms with van der Waals surface area (Å²) in [5, 5.41) is 24.1. The molecule has 3 aliphatic rings. The topological polar surface area (TPSA) is 52.9 Å². The van der Waals surface area contributed by atoms with Crippen LogP contribution in [0.3, 0.4) is 0 Å². The Morgan fingerprint density at radius 1 is 1.00 bits per heavy atom. The summed E-state index contributed by atoms with van der Waals surface area (Å²) < 4.78 is 6.68. The summed E-state index contributed by atoms with van der Waals surface area (Å²) in [4.78, 5) is 2.34. The lowest BCUT2D eigenvalue weighted by atomic mass is 9.81. The number of aliphatic hydroxyl groups is 2. The highest BCUT2D eigenvalue weighted by Gasteiger charge is 2.43. The number of benzene rings is 3. The third-order valence-electron chi connectivity index (χ3n) is 7.86. The molecule has 4 heteroatoms. The number of rotatable bonds is 3. The smallest absolute Gasteiger partial charge is 0.133 e. The number of β-amino-alcohol motifs (C(OH)–C–C–N with tert-alkyl or cyclic N) is 1. The Balaban J connectivity index is 1.16. The van der Waals surface area contributed by atoms with Gasteiger partial charge in [-0.1, -0.05) is 54.6 Å². The number of ether oxygens (including phenoxy) is 1. The summed E-state index contributed by atoms with van der Waals surface area (Å²) >= 11 is 0. The number of fused-ring (bicyclic) bond motifs is 4. The second-order valence-corrected chi connectivity index (χ2v) is 9.91. The Labute approximate surface area is 189 Å². The van der Waals surface area contributed by atoms with E-state index in [0.29, 0.717) is 13.0 Å². The monoisotopic (exact) mass is 429 g/mol. The lowest BCUT2D eigenvalue weighted by molar-refractivity contribution is -0.0577. The van der Waals surface area contributed by atoms with Crippen molar-refractivity contribution in [3.63, 3.8) is 0 Å². The molecule has 166 valence electrons. The van der Waals surface area contributed by atoms with E-state index in [2.05, 4.69) is 41.3 Å². The van der Waals surface area contributed by atoms with E-state index < -0.39 is 12.2 Å². The Kier molecular flexibility index (Phi) is 4.98. The van der Waals surface area contributed by atoms with Crippen LogP contribution < -0.4 is 4.74 Å². The molecule has 32 heavy (non-hydrogen) atoms. The predicted octanol–water partition coefficient (Wildman–Crippen LogP) is 4.71. The number of likely N-dealkylation sites (tertiary alicyclic amines) is 1. The lowest BCUT2D eigenvalue weighted by Gasteiger charge is -2.46. The van der Waals surface area contributed by atoms with Gasteiger partial charge in [-0.15, -0.1) is 0 Å². The second kappa shape index (κ2) is 7.87. The van der Waals surface area contributed by atoms with Gasteiger partial charge >= 0.3 is 0 Å². The van der Waals surface area contributed by atoms with Crippen molar-refractivity contribution in [1.82, 2.24) is 4.90 Å². The van der Waals surface area contributed by atoms with Crippen LogP contribution in [-0.2, 0) is 12.8 Å². The highest BCUT2D eigenvalue weighted by molar-refractivity contribution is 5.90. The minimum Gasteiger partial charge on any atom is -0.486 e. The van der Waals surface area contributed by atoms with Crippen molar-refractivity contribution in [3.8, 4) is 5.75 Å². The first kappa shape index (κ1) is 20.2. The third kappa shape index (κ3) is 3.51. The molecule has 2 aliphatic heterocycles. The van der Waals surface area contributed by atoms with Crippen molar-refractivity contribution in [2.24, 2.45) is 0 Å². The molecule has 0 aromatic heterocycles. The van der Waals surface area contributed by atoms with Gasteiger partial charge in [0.05, 0.1) is 12.2 Å². The standard InChI is InChI=1S/C28H31NO3/c30-25-17-28(32-27-23-7-2-1-4-20(23)10-11-24(25)27)12-14-29(15-13-28)18-26(31)22-9-8-19-5-3-6-21(19)16-22/h1-2,4,7-11,16,25-26,30-31H,3,5-6,12-15,17-18H2/t25-,26+/m0/s1. The first-order valence-electron chi connectivity index (χ1n) is 12.0. The molecule has 3 aromatic carbocycles. The normalized spacial score (nSPS) is 23.0. The molecule has 1 saturated heterocycles. The van der Waals surface area contributed by atoms with Gasteiger partial charge in [-0.05, 0) is 54.2 Å². The zero-order valence-electron chi connectivity index (χ0n) is 18.5. The van der Waals surface area contributed by atoms with Crippen LogP contribution in [-0.4, -0.2) is 40.3 Å². The van der Waals surface area contributed by atoms with Crippen LogP contribution in [0.4, 0.5) is 0 Å². The van der Waals surface area contributed by atoms with Crippen LogP contribution in [0.15, 0.2) is 54.6 Å². The van der Waals surface area contributed by atoms with Gasteiger partial charge in [0.1, 0.15) is 11.4 Å². The molecule has 4 nitrogen and oxygen atoms in total. The average Bonchev–Trinajstić information content (AvgIpc) is 3.29. The van der Waals surface area contributed by atoms with Gasteiger partial charge in [0.15, 0.2) is 0 Å². The maximum Gasteiger partial charge on any atom is 0.133 e. The Morgan fingerprint density at radius 2 is 1.81 bits per heavy atom. The fourth-order valence-corrected chi connectivity index (χ4v) is 5.95. The average molecular weight is 430 g/mol. The van der Waals surface area contributed by atoms with Crippen molar-refractivity contribution >= 4 is 10.8 Å². The van der Waals surface area contributed by atoms with Crippen LogP contribution in [0.1, 0.15) is 60.1 Å². The number of aliphatic hydroxyl groups excluding tert-OH is 2. The van der Waals surface area contributed by atoms with Gasteiger partial charge in [-0.25, -0.2) is 0 Å². The van der Waals surface area contributed by atoms with Crippen LogP contribution in [0.2, 0.25) is 0 Å². The highest BCUT2D eigenvalue weighted by Crippen LogP contribution is 2.47. The first-order chi connectivity index (χ1) is 15.6. The van der Waals surface area contributed by atoms with E-state index in [1.807, 2.05) is 18.2 Å². The number of hydrogen-bond donors (Lipinski definition) is 2. The van der Waals surface area contributed by atoms with E-state index in [0.717, 1.165) is 60.0 Å². The molecular weight excluding hydrogens is 398 g/mol. The molecule has 1 spiro atoms. The van der Waals surface area contributed by atoms with E-state index in [-0.39, 0.29) is 5.60 Å². The number of piperidine rings is 1. The largest absolute Gasteiger partial charge is 0.486 e. The SMILES string of the molecule is O[C@H](CN1CCC2(CC1)C[C@H](O)c1ccc3ccccc3c1O2)c1ccc2c(c1)CCC2. The summed E-state index contributed by atoms with van der Waals surface area (Å²) in [7, 11) is 0. The van der Waals surface area contributed by atoms with E-state index >= 15 is 0 Å². The third-order valence-corrected chi connectivity index (χ3v) is 7.86. The number of nitrogens with zero attached hydrogens (tertiary/aromatic N) is 1. The van der Waals surface area contributed by atoms with Gasteiger partial charge in [-0.3, -0.25) is 0 Å². The fourth-order valence-electron chi connectivity index (χ4n) is 5.95. The summed E-state index contributed by atoms with van der Waals surface area (Å²) in [6.45, 7) is 2.39. The van der Waals surface area contributed by atoms with Gasteiger partial charge in [0, 0.05) is 37.0 Å². The molecule has 1 fully saturated rings. The maximum atomic E-state index is 10.9.